The van der Waals surface area contributed by atoms with Gasteiger partial charge in [0.25, 0.3) is 0 Å². The normalized spacial score (nSPS) is 15.1. The lowest BCUT2D eigenvalue weighted by molar-refractivity contribution is 0.640. The van der Waals surface area contributed by atoms with Crippen LogP contribution in [-0.2, 0) is 0 Å². The molecule has 110 valence electrons. The first-order valence-corrected chi connectivity index (χ1v) is 6.99. The van der Waals surface area contributed by atoms with Gasteiger partial charge in [-0.3, -0.25) is 0 Å². The molecule has 0 radical (unpaired) electrons. The van der Waals surface area contributed by atoms with Crippen molar-refractivity contribution >= 4 is 17.5 Å². The molecule has 0 unspecified atom stereocenters. The largest absolute Gasteiger partial charge is 0.353 e. The topological polar surface area (TPSA) is 83.2 Å². The van der Waals surface area contributed by atoms with Crippen LogP contribution in [0.15, 0.2) is 30.5 Å². The van der Waals surface area contributed by atoms with Crippen molar-refractivity contribution in [1.82, 2.24) is 15.0 Å². The Morgan fingerprint density at radius 3 is 2.38 bits per heavy atom. The van der Waals surface area contributed by atoms with E-state index in [9.17, 15) is 0 Å². The third-order valence-corrected chi connectivity index (χ3v) is 3.55. The van der Waals surface area contributed by atoms with Crippen molar-refractivity contribution in [3.63, 3.8) is 0 Å². The number of nitrogen functional groups attached to an aromatic ring is 1. The Hall–Kier alpha value is -2.41. The van der Waals surface area contributed by atoms with E-state index in [1.165, 1.54) is 0 Å². The lowest BCUT2D eigenvalue weighted by Crippen LogP contribution is -2.47. The van der Waals surface area contributed by atoms with Gasteiger partial charge in [-0.05, 0) is 19.1 Å². The number of aryl methyl sites for hydroxylation is 1. The van der Waals surface area contributed by atoms with Crippen LogP contribution in [0.4, 0.5) is 17.5 Å². The molecule has 21 heavy (non-hydrogen) atoms. The van der Waals surface area contributed by atoms with Gasteiger partial charge in [-0.1, -0.05) is 6.07 Å². The maximum absolute atomic E-state index is 5.44. The van der Waals surface area contributed by atoms with E-state index in [1.54, 1.807) is 0 Å². The summed E-state index contributed by atoms with van der Waals surface area (Å²) in [6.07, 6.45) is 1.83. The number of aromatic nitrogens is 3. The van der Waals surface area contributed by atoms with Gasteiger partial charge in [0.1, 0.15) is 23.3 Å². The van der Waals surface area contributed by atoms with Gasteiger partial charge in [0, 0.05) is 38.4 Å². The number of nitrogens with two attached hydrogens (primary N) is 1. The standard InChI is InChI=1S/C14H19N7/c1-11-17-12(19-15)10-14(18-11)21-8-6-20(7-9-21)13-4-2-3-5-16-13/h2-5,10H,6-9,15H2,1H3,(H,17,18,19). The summed E-state index contributed by atoms with van der Waals surface area (Å²) in [5.41, 5.74) is 2.58. The first-order chi connectivity index (χ1) is 10.3. The SMILES string of the molecule is Cc1nc(NN)cc(N2CCN(c3ccccn3)CC2)n1. The molecule has 3 rings (SSSR count). The Labute approximate surface area is 123 Å². The molecule has 1 aliphatic rings. The zero-order valence-corrected chi connectivity index (χ0v) is 12.0. The number of hydrazine groups is 1. The molecule has 1 saturated heterocycles. The number of piperazine rings is 1. The Morgan fingerprint density at radius 1 is 1.05 bits per heavy atom. The van der Waals surface area contributed by atoms with Crippen LogP contribution in [0.1, 0.15) is 5.82 Å². The average molecular weight is 285 g/mol. The van der Waals surface area contributed by atoms with Crippen LogP contribution in [0.5, 0.6) is 0 Å². The number of anilines is 3. The molecule has 0 aromatic carbocycles. The predicted molar refractivity (Wildman–Crippen MR) is 83.2 cm³/mol. The van der Waals surface area contributed by atoms with E-state index in [4.69, 9.17) is 5.84 Å². The summed E-state index contributed by atoms with van der Waals surface area (Å²) >= 11 is 0. The van der Waals surface area contributed by atoms with Gasteiger partial charge >= 0.3 is 0 Å². The molecule has 3 N–H and O–H groups in total. The van der Waals surface area contributed by atoms with Gasteiger partial charge < -0.3 is 15.2 Å². The summed E-state index contributed by atoms with van der Waals surface area (Å²) in [4.78, 5) is 17.6. The van der Waals surface area contributed by atoms with Crippen LogP contribution in [0.2, 0.25) is 0 Å². The molecule has 3 heterocycles. The molecule has 0 atom stereocenters. The van der Waals surface area contributed by atoms with E-state index in [2.05, 4.69) is 30.2 Å². The van der Waals surface area contributed by atoms with Crippen molar-refractivity contribution in [3.05, 3.63) is 36.3 Å². The summed E-state index contributed by atoms with van der Waals surface area (Å²) in [6, 6.07) is 7.87. The van der Waals surface area contributed by atoms with E-state index in [0.29, 0.717) is 11.6 Å². The first-order valence-electron chi connectivity index (χ1n) is 6.99. The maximum atomic E-state index is 5.44. The van der Waals surface area contributed by atoms with Crippen LogP contribution in [0, 0.1) is 6.92 Å². The summed E-state index contributed by atoms with van der Waals surface area (Å²) in [5, 5.41) is 0. The van der Waals surface area contributed by atoms with Gasteiger partial charge in [-0.25, -0.2) is 20.8 Å². The molecule has 0 bridgehead atoms. The van der Waals surface area contributed by atoms with E-state index in [1.807, 2.05) is 37.4 Å². The molecule has 7 nitrogen and oxygen atoms in total. The smallest absolute Gasteiger partial charge is 0.145 e. The van der Waals surface area contributed by atoms with Crippen LogP contribution >= 0.6 is 0 Å². The molecule has 0 saturated carbocycles. The predicted octanol–water partition coefficient (Wildman–Crippen LogP) is 0.792. The molecule has 0 spiro atoms. The zero-order valence-electron chi connectivity index (χ0n) is 12.0. The lowest BCUT2D eigenvalue weighted by atomic mass is 10.3. The van der Waals surface area contributed by atoms with Gasteiger partial charge in [-0.2, -0.15) is 0 Å². The minimum atomic E-state index is 0.643. The van der Waals surface area contributed by atoms with Crippen molar-refractivity contribution in [2.45, 2.75) is 6.92 Å². The fourth-order valence-electron chi connectivity index (χ4n) is 2.49. The van der Waals surface area contributed by atoms with E-state index in [0.717, 1.165) is 37.8 Å². The van der Waals surface area contributed by atoms with Crippen LogP contribution < -0.4 is 21.1 Å². The van der Waals surface area contributed by atoms with Gasteiger partial charge in [0.15, 0.2) is 0 Å². The highest BCUT2D eigenvalue weighted by Crippen LogP contribution is 2.19. The second-order valence-electron chi connectivity index (χ2n) is 4.96. The third-order valence-electron chi connectivity index (χ3n) is 3.55. The highest BCUT2D eigenvalue weighted by molar-refractivity contribution is 5.50. The molecule has 0 aliphatic carbocycles. The zero-order chi connectivity index (χ0) is 14.7. The summed E-state index contributed by atoms with van der Waals surface area (Å²) in [6.45, 7) is 5.51. The van der Waals surface area contributed by atoms with Crippen LogP contribution in [-0.4, -0.2) is 41.1 Å². The second kappa shape index (κ2) is 5.92. The Kier molecular flexibility index (Phi) is 3.83. The van der Waals surface area contributed by atoms with Crippen molar-refractivity contribution in [3.8, 4) is 0 Å². The fraction of sp³-hybridized carbons (Fsp3) is 0.357. The van der Waals surface area contributed by atoms with Gasteiger partial charge in [-0.15, -0.1) is 0 Å². The monoisotopic (exact) mass is 285 g/mol. The van der Waals surface area contributed by atoms with Crippen molar-refractivity contribution < 1.29 is 0 Å². The Bertz CT molecular complexity index is 594. The molecule has 0 amide bonds. The highest BCUT2D eigenvalue weighted by Gasteiger charge is 2.19. The van der Waals surface area contributed by atoms with Gasteiger partial charge in [0.2, 0.25) is 0 Å². The second-order valence-corrected chi connectivity index (χ2v) is 4.96. The van der Waals surface area contributed by atoms with Crippen molar-refractivity contribution in [2.75, 3.05) is 41.4 Å². The number of nitrogens with one attached hydrogen (secondary N) is 1. The molecule has 1 fully saturated rings. The number of pyridine rings is 1. The Balaban J connectivity index is 1.70. The number of nitrogens with zero attached hydrogens (tertiary/aromatic N) is 5. The van der Waals surface area contributed by atoms with Crippen LogP contribution in [0.3, 0.4) is 0 Å². The molecule has 2 aromatic rings. The molecular formula is C14H19N7. The van der Waals surface area contributed by atoms with E-state index < -0.39 is 0 Å². The highest BCUT2D eigenvalue weighted by atomic mass is 15.3. The summed E-state index contributed by atoms with van der Waals surface area (Å²) in [5.74, 6) is 8.74. The van der Waals surface area contributed by atoms with E-state index in [-0.39, 0.29) is 0 Å². The summed E-state index contributed by atoms with van der Waals surface area (Å²) < 4.78 is 0. The number of hydrogen-bond donors (Lipinski definition) is 2. The molecule has 1 aliphatic heterocycles. The molecule has 7 heteroatoms. The first kappa shape index (κ1) is 13.6. The average Bonchev–Trinajstić information content (AvgIpc) is 2.55. The van der Waals surface area contributed by atoms with Crippen molar-refractivity contribution in [1.29, 1.82) is 0 Å². The van der Waals surface area contributed by atoms with Crippen LogP contribution in [0.25, 0.3) is 0 Å². The quantitative estimate of drug-likeness (QED) is 0.637. The fourth-order valence-corrected chi connectivity index (χ4v) is 2.49. The van der Waals surface area contributed by atoms with Gasteiger partial charge in [0.05, 0.1) is 0 Å². The third kappa shape index (κ3) is 3.03. The maximum Gasteiger partial charge on any atom is 0.145 e. The minimum absolute atomic E-state index is 0.643. The number of rotatable bonds is 3. The van der Waals surface area contributed by atoms with Crippen molar-refractivity contribution in [2.24, 2.45) is 5.84 Å². The summed E-state index contributed by atoms with van der Waals surface area (Å²) in [7, 11) is 0. The number of hydrogen-bond acceptors (Lipinski definition) is 7. The minimum Gasteiger partial charge on any atom is -0.353 e. The molecule has 2 aromatic heterocycles. The Morgan fingerprint density at radius 2 is 1.76 bits per heavy atom. The molecular weight excluding hydrogens is 266 g/mol. The lowest BCUT2D eigenvalue weighted by Gasteiger charge is -2.36. The van der Waals surface area contributed by atoms with E-state index >= 15 is 0 Å².